The molecule has 1 atom stereocenters. The molecule has 1 aromatic rings. The Morgan fingerprint density at radius 2 is 2.19 bits per heavy atom. The van der Waals surface area contributed by atoms with Crippen LogP contribution in [0, 0.1) is 0 Å². The minimum Gasteiger partial charge on any atom is -0.481 e. The zero-order chi connectivity index (χ0) is 15.4. The lowest BCUT2D eigenvalue weighted by atomic mass is 10.2. The largest absolute Gasteiger partial charge is 0.481 e. The average Bonchev–Trinajstić information content (AvgIpc) is 2.41. The van der Waals surface area contributed by atoms with Gasteiger partial charge in [-0.2, -0.15) is 0 Å². The molecule has 0 aromatic carbocycles. The Morgan fingerprint density at radius 3 is 2.86 bits per heavy atom. The molecule has 9 nitrogen and oxygen atoms in total. The maximum Gasteiger partial charge on any atom is 0.328 e. The molecule has 2 heterocycles. The number of aliphatic carboxylic acids is 1. The molecule has 2 rings (SSSR count). The fourth-order valence-electron chi connectivity index (χ4n) is 2.08. The van der Waals surface area contributed by atoms with Gasteiger partial charge in [-0.1, -0.05) is 0 Å². The number of nitrogens with zero attached hydrogens (tertiary/aromatic N) is 2. The predicted octanol–water partition coefficient (Wildman–Crippen LogP) is -1.76. The van der Waals surface area contributed by atoms with Crippen LogP contribution in [0.15, 0.2) is 21.9 Å². The molecule has 0 aliphatic carbocycles. The molecule has 1 amide bonds. The first-order valence-corrected chi connectivity index (χ1v) is 6.36. The first-order chi connectivity index (χ1) is 9.95. The Kier molecular flexibility index (Phi) is 4.53. The summed E-state index contributed by atoms with van der Waals surface area (Å²) in [5.41, 5.74) is -1.19. The van der Waals surface area contributed by atoms with Gasteiger partial charge in [0.2, 0.25) is 5.91 Å². The summed E-state index contributed by atoms with van der Waals surface area (Å²) in [5.74, 6) is -1.33. The maximum atomic E-state index is 12.1. The van der Waals surface area contributed by atoms with E-state index in [1.165, 1.54) is 11.1 Å². The highest BCUT2D eigenvalue weighted by molar-refractivity contribution is 5.76. The zero-order valence-corrected chi connectivity index (χ0v) is 11.2. The van der Waals surface area contributed by atoms with Gasteiger partial charge in [0.1, 0.15) is 6.54 Å². The van der Waals surface area contributed by atoms with Crippen molar-refractivity contribution in [1.29, 1.82) is 0 Å². The number of aromatic nitrogens is 2. The Hall–Kier alpha value is -2.42. The number of amides is 1. The normalized spacial score (nSPS) is 18.5. The standard InChI is InChI=1S/C12H15N3O6/c16-9-1-2-15(12(20)13-9)7-10(17)14-3-4-21-8(6-14)5-11(18)19/h1-2,8H,3-7H2,(H,18,19)(H,13,16,20). The summed E-state index contributed by atoms with van der Waals surface area (Å²) in [6.07, 6.45) is 0.517. The molecule has 1 fully saturated rings. The minimum atomic E-state index is -0.994. The number of carboxylic acid groups (broad SMARTS) is 1. The van der Waals surface area contributed by atoms with Gasteiger partial charge in [0.15, 0.2) is 0 Å². The maximum absolute atomic E-state index is 12.1. The predicted molar refractivity (Wildman–Crippen MR) is 69.9 cm³/mol. The number of morpholine rings is 1. The van der Waals surface area contributed by atoms with Crippen molar-refractivity contribution < 1.29 is 19.4 Å². The van der Waals surface area contributed by atoms with Gasteiger partial charge in [-0.15, -0.1) is 0 Å². The van der Waals surface area contributed by atoms with Crippen molar-refractivity contribution in [3.8, 4) is 0 Å². The third-order valence-electron chi connectivity index (χ3n) is 3.10. The first kappa shape index (κ1) is 15.0. The Balaban J connectivity index is 2.01. The molecular weight excluding hydrogens is 282 g/mol. The van der Waals surface area contributed by atoms with Crippen LogP contribution in [0.25, 0.3) is 0 Å². The van der Waals surface area contributed by atoms with Crippen LogP contribution in [0.5, 0.6) is 0 Å². The average molecular weight is 297 g/mol. The zero-order valence-electron chi connectivity index (χ0n) is 11.2. The van der Waals surface area contributed by atoms with Crippen LogP contribution >= 0.6 is 0 Å². The van der Waals surface area contributed by atoms with E-state index in [2.05, 4.69) is 4.98 Å². The molecule has 1 aromatic heterocycles. The van der Waals surface area contributed by atoms with Gasteiger partial charge < -0.3 is 14.7 Å². The van der Waals surface area contributed by atoms with E-state index in [0.717, 1.165) is 10.6 Å². The monoisotopic (exact) mass is 297 g/mol. The van der Waals surface area contributed by atoms with Crippen molar-refractivity contribution >= 4 is 11.9 Å². The number of nitrogens with one attached hydrogen (secondary N) is 1. The second-order valence-corrected chi connectivity index (χ2v) is 4.67. The molecule has 0 radical (unpaired) electrons. The molecule has 0 bridgehead atoms. The summed E-state index contributed by atoms with van der Waals surface area (Å²) in [6.45, 7) is 0.551. The van der Waals surface area contributed by atoms with E-state index < -0.39 is 23.3 Å². The Morgan fingerprint density at radius 1 is 1.43 bits per heavy atom. The summed E-state index contributed by atoms with van der Waals surface area (Å²) in [6, 6.07) is 1.15. The number of carbonyl (C=O) groups excluding carboxylic acids is 1. The molecule has 1 aliphatic heterocycles. The van der Waals surface area contributed by atoms with Crippen LogP contribution in [0.4, 0.5) is 0 Å². The van der Waals surface area contributed by atoms with Crippen LogP contribution in [0.3, 0.4) is 0 Å². The third kappa shape index (κ3) is 4.02. The van der Waals surface area contributed by atoms with E-state index in [0.29, 0.717) is 6.54 Å². The first-order valence-electron chi connectivity index (χ1n) is 6.36. The van der Waals surface area contributed by atoms with E-state index in [9.17, 15) is 19.2 Å². The molecule has 114 valence electrons. The summed E-state index contributed by atoms with van der Waals surface area (Å²) < 4.78 is 6.36. The highest BCUT2D eigenvalue weighted by Gasteiger charge is 2.26. The van der Waals surface area contributed by atoms with Crippen LogP contribution < -0.4 is 11.2 Å². The van der Waals surface area contributed by atoms with Gasteiger partial charge >= 0.3 is 11.7 Å². The number of hydrogen-bond donors (Lipinski definition) is 2. The highest BCUT2D eigenvalue weighted by atomic mass is 16.5. The van der Waals surface area contributed by atoms with Gasteiger partial charge in [-0.3, -0.25) is 23.9 Å². The smallest absolute Gasteiger partial charge is 0.328 e. The summed E-state index contributed by atoms with van der Waals surface area (Å²) in [7, 11) is 0. The van der Waals surface area contributed by atoms with Gasteiger partial charge in [-0.25, -0.2) is 4.79 Å². The summed E-state index contributed by atoms with van der Waals surface area (Å²) >= 11 is 0. The number of aromatic amines is 1. The lowest BCUT2D eigenvalue weighted by molar-refractivity contribution is -0.148. The van der Waals surface area contributed by atoms with Crippen molar-refractivity contribution in [2.24, 2.45) is 0 Å². The number of ether oxygens (including phenoxy) is 1. The van der Waals surface area contributed by atoms with Crippen molar-refractivity contribution in [1.82, 2.24) is 14.5 Å². The van der Waals surface area contributed by atoms with Crippen molar-refractivity contribution in [3.05, 3.63) is 33.1 Å². The number of H-pyrrole nitrogens is 1. The summed E-state index contributed by atoms with van der Waals surface area (Å²) in [4.78, 5) is 48.7. The van der Waals surface area contributed by atoms with E-state index in [4.69, 9.17) is 9.84 Å². The minimum absolute atomic E-state index is 0.170. The van der Waals surface area contributed by atoms with Gasteiger partial charge in [0.05, 0.1) is 19.1 Å². The fourth-order valence-corrected chi connectivity index (χ4v) is 2.08. The number of hydrogen-bond acceptors (Lipinski definition) is 5. The molecular formula is C12H15N3O6. The SMILES string of the molecule is O=C(O)CC1CN(C(=O)Cn2ccc(=O)[nH]c2=O)CCO1. The van der Waals surface area contributed by atoms with E-state index in [1.807, 2.05) is 0 Å². The molecule has 2 N–H and O–H groups in total. The molecule has 1 aliphatic rings. The van der Waals surface area contributed by atoms with Crippen LogP contribution in [0.1, 0.15) is 6.42 Å². The lowest BCUT2D eigenvalue weighted by Crippen LogP contribution is -2.48. The molecule has 9 heteroatoms. The van der Waals surface area contributed by atoms with Crippen LogP contribution in [0.2, 0.25) is 0 Å². The van der Waals surface area contributed by atoms with Crippen LogP contribution in [-0.4, -0.2) is 57.2 Å². The number of carboxylic acids is 1. The molecule has 0 spiro atoms. The third-order valence-corrected chi connectivity index (χ3v) is 3.10. The molecule has 0 saturated carbocycles. The van der Waals surface area contributed by atoms with Gasteiger partial charge in [0, 0.05) is 25.4 Å². The fraction of sp³-hybridized carbons (Fsp3) is 0.500. The lowest BCUT2D eigenvalue weighted by Gasteiger charge is -2.32. The second kappa shape index (κ2) is 6.35. The highest BCUT2D eigenvalue weighted by Crippen LogP contribution is 2.09. The molecule has 21 heavy (non-hydrogen) atoms. The Labute approximate surface area is 118 Å². The van der Waals surface area contributed by atoms with E-state index in [-0.39, 0.29) is 32.0 Å². The van der Waals surface area contributed by atoms with E-state index >= 15 is 0 Å². The quantitative estimate of drug-likeness (QED) is 0.679. The van der Waals surface area contributed by atoms with E-state index in [1.54, 1.807) is 0 Å². The number of rotatable bonds is 4. The molecule has 1 saturated heterocycles. The van der Waals surface area contributed by atoms with Gasteiger partial charge in [0.25, 0.3) is 5.56 Å². The topological polar surface area (TPSA) is 122 Å². The number of carbonyl (C=O) groups is 2. The Bertz CT molecular complexity index is 649. The molecule has 1 unspecified atom stereocenters. The van der Waals surface area contributed by atoms with Crippen molar-refractivity contribution in [2.45, 2.75) is 19.1 Å². The van der Waals surface area contributed by atoms with Crippen LogP contribution in [-0.2, 0) is 20.9 Å². The van der Waals surface area contributed by atoms with Crippen molar-refractivity contribution in [2.75, 3.05) is 19.7 Å². The second-order valence-electron chi connectivity index (χ2n) is 4.67. The van der Waals surface area contributed by atoms with Crippen molar-refractivity contribution in [3.63, 3.8) is 0 Å². The van der Waals surface area contributed by atoms with Gasteiger partial charge in [-0.05, 0) is 0 Å². The summed E-state index contributed by atoms with van der Waals surface area (Å²) in [5, 5.41) is 8.73.